The van der Waals surface area contributed by atoms with Crippen molar-refractivity contribution in [2.24, 2.45) is 0 Å². The van der Waals surface area contributed by atoms with Crippen LogP contribution in [-0.2, 0) is 46.4 Å². The molecule has 14 heteroatoms. The van der Waals surface area contributed by atoms with Crippen LogP contribution in [0.1, 0.15) is 32.6 Å². The topological polar surface area (TPSA) is 176 Å². The molecule has 2 aromatic rings. The second-order valence-corrected chi connectivity index (χ2v) is 6.60. The number of aromatic amines is 2. The Morgan fingerprint density at radius 2 is 1.14 bits per heavy atom. The maximum absolute atomic E-state index is 11.1. The second-order valence-electron chi connectivity index (χ2n) is 6.60. The van der Waals surface area contributed by atoms with Gasteiger partial charge >= 0.3 is 11.9 Å². The largest absolute Gasteiger partial charge is 0.477 e. The number of ether oxygens (including phenoxy) is 7. The zero-order valence-corrected chi connectivity index (χ0v) is 20.2. The van der Waals surface area contributed by atoms with E-state index in [2.05, 4.69) is 24.7 Å². The number of aromatic nitrogens is 4. The first-order valence-corrected chi connectivity index (χ1v) is 10.7. The molecular weight excluding hydrogens is 468 g/mol. The molecule has 35 heavy (non-hydrogen) atoms. The molecule has 198 valence electrons. The Morgan fingerprint density at radius 3 is 1.57 bits per heavy atom. The number of nitrogens with zero attached hydrogens (tertiary/aromatic N) is 2. The lowest BCUT2D eigenvalue weighted by Gasteiger charge is -2.03. The van der Waals surface area contributed by atoms with Crippen LogP contribution in [0.25, 0.3) is 0 Å². The maximum Gasteiger partial charge on any atom is 0.356 e. The van der Waals surface area contributed by atoms with E-state index in [1.54, 1.807) is 14.2 Å². The van der Waals surface area contributed by atoms with Gasteiger partial charge in [-0.15, -0.1) is 0 Å². The number of carboxylic acids is 1. The highest BCUT2D eigenvalue weighted by Gasteiger charge is 2.09. The highest BCUT2D eigenvalue weighted by Crippen LogP contribution is 2.01. The summed E-state index contributed by atoms with van der Waals surface area (Å²) in [6.45, 7) is 4.58. The molecule has 0 radical (unpaired) electrons. The molecule has 0 amide bonds. The molecule has 14 nitrogen and oxygen atoms in total. The first kappa shape index (κ1) is 30.2. The summed E-state index contributed by atoms with van der Waals surface area (Å²) in [4.78, 5) is 35.0. The Hall–Kier alpha value is -2.88. The van der Waals surface area contributed by atoms with Crippen LogP contribution in [-0.4, -0.2) is 111 Å². The monoisotopic (exact) mass is 502 g/mol. The fourth-order valence-electron chi connectivity index (χ4n) is 2.26. The van der Waals surface area contributed by atoms with Gasteiger partial charge in [0.25, 0.3) is 0 Å². The standard InChI is InChI=1S/C11H18N2O5.C10H16N2O5/c1-15-3-4-17-5-6-18-8-10-12-7-9(13-10)11(14)16-2;1-15-2-3-16-4-5-17-7-9-11-6-8(12-9)10(13)14/h7H,3-6,8H2,1-2H3,(H,12,13);6H,2-5,7H2,1H3,(H,11,12)(H,13,14). The van der Waals surface area contributed by atoms with Gasteiger partial charge in [-0.25, -0.2) is 19.6 Å². The summed E-state index contributed by atoms with van der Waals surface area (Å²) in [5.41, 5.74) is 0.368. The number of methoxy groups -OCH3 is 3. The van der Waals surface area contributed by atoms with Crippen LogP contribution in [0.15, 0.2) is 12.4 Å². The number of carbonyl (C=O) groups excluding carboxylic acids is 1. The number of H-pyrrole nitrogens is 2. The Balaban J connectivity index is 0.000000351. The molecule has 0 spiro atoms. The zero-order valence-electron chi connectivity index (χ0n) is 20.2. The van der Waals surface area contributed by atoms with Crippen LogP contribution < -0.4 is 0 Å². The van der Waals surface area contributed by atoms with Gasteiger partial charge in [0.1, 0.15) is 36.3 Å². The minimum atomic E-state index is -1.04. The zero-order chi connectivity index (χ0) is 25.7. The third kappa shape index (κ3) is 14.2. The third-order valence-electron chi connectivity index (χ3n) is 3.98. The van der Waals surface area contributed by atoms with Crippen molar-refractivity contribution < 1.29 is 47.9 Å². The van der Waals surface area contributed by atoms with E-state index in [1.165, 1.54) is 19.5 Å². The number of nitrogens with one attached hydrogen (secondary N) is 2. The second kappa shape index (κ2) is 19.4. The van der Waals surface area contributed by atoms with Crippen molar-refractivity contribution in [3.63, 3.8) is 0 Å². The van der Waals surface area contributed by atoms with E-state index in [9.17, 15) is 9.59 Å². The summed E-state index contributed by atoms with van der Waals surface area (Å²) in [5.74, 6) is -0.421. The lowest BCUT2D eigenvalue weighted by atomic mass is 10.5. The lowest BCUT2D eigenvalue weighted by molar-refractivity contribution is 0.0185. The number of rotatable bonds is 18. The molecule has 0 aliphatic heterocycles. The summed E-state index contributed by atoms with van der Waals surface area (Å²) >= 11 is 0. The van der Waals surface area contributed by atoms with E-state index in [-0.39, 0.29) is 12.3 Å². The fourth-order valence-corrected chi connectivity index (χ4v) is 2.26. The number of hydrogen-bond donors (Lipinski definition) is 3. The molecule has 2 heterocycles. The van der Waals surface area contributed by atoms with E-state index in [1.807, 2.05) is 0 Å². The lowest BCUT2D eigenvalue weighted by Crippen LogP contribution is -2.08. The van der Waals surface area contributed by atoms with Gasteiger partial charge in [0.2, 0.25) is 0 Å². The van der Waals surface area contributed by atoms with E-state index in [0.717, 1.165) is 0 Å². The smallest absolute Gasteiger partial charge is 0.356 e. The van der Waals surface area contributed by atoms with Crippen LogP contribution in [0.4, 0.5) is 0 Å². The van der Waals surface area contributed by atoms with Gasteiger partial charge in [-0.1, -0.05) is 0 Å². The summed E-state index contributed by atoms with van der Waals surface area (Å²) in [6, 6.07) is 0. The molecule has 3 N–H and O–H groups in total. The number of hydrogen-bond acceptors (Lipinski definition) is 11. The van der Waals surface area contributed by atoms with Crippen molar-refractivity contribution in [2.75, 3.05) is 74.2 Å². The summed E-state index contributed by atoms with van der Waals surface area (Å²) in [7, 11) is 4.54. The number of imidazole rings is 2. The summed E-state index contributed by atoms with van der Waals surface area (Å²) in [5, 5.41) is 8.65. The van der Waals surface area contributed by atoms with Gasteiger partial charge < -0.3 is 48.2 Å². The highest BCUT2D eigenvalue weighted by molar-refractivity contribution is 5.86. The van der Waals surface area contributed by atoms with E-state index in [0.29, 0.717) is 76.8 Å². The Kier molecular flexibility index (Phi) is 16.7. The molecule has 0 saturated carbocycles. The normalized spacial score (nSPS) is 10.6. The quantitative estimate of drug-likeness (QED) is 0.192. The maximum atomic E-state index is 11.1. The minimum Gasteiger partial charge on any atom is -0.477 e. The molecule has 0 saturated heterocycles. The number of carboxylic acid groups (broad SMARTS) is 1. The fraction of sp³-hybridized carbons (Fsp3) is 0.619. The first-order valence-electron chi connectivity index (χ1n) is 10.7. The summed E-state index contributed by atoms with van der Waals surface area (Å²) < 4.78 is 35.1. The molecule has 0 aliphatic carbocycles. The van der Waals surface area contributed by atoms with E-state index >= 15 is 0 Å². The van der Waals surface area contributed by atoms with Crippen molar-refractivity contribution in [3.05, 3.63) is 35.4 Å². The molecule has 0 bridgehead atoms. The van der Waals surface area contributed by atoms with Gasteiger partial charge in [-0.2, -0.15) is 0 Å². The molecule has 0 aliphatic rings. The Bertz CT molecular complexity index is 827. The van der Waals surface area contributed by atoms with Crippen molar-refractivity contribution in [3.8, 4) is 0 Å². The van der Waals surface area contributed by atoms with Gasteiger partial charge in [0.05, 0.1) is 72.4 Å². The molecule has 0 aromatic carbocycles. The van der Waals surface area contributed by atoms with Gasteiger partial charge in [0, 0.05) is 14.2 Å². The number of esters is 1. The van der Waals surface area contributed by atoms with Crippen molar-refractivity contribution in [1.29, 1.82) is 0 Å². The summed E-state index contributed by atoms with van der Waals surface area (Å²) in [6.07, 6.45) is 2.68. The Labute approximate surface area is 203 Å². The van der Waals surface area contributed by atoms with E-state index in [4.69, 9.17) is 33.5 Å². The molecule has 0 fully saturated rings. The molecule has 2 aromatic heterocycles. The van der Waals surface area contributed by atoms with Crippen LogP contribution in [0.3, 0.4) is 0 Å². The first-order chi connectivity index (χ1) is 17.0. The van der Waals surface area contributed by atoms with Crippen LogP contribution >= 0.6 is 0 Å². The molecule has 2 rings (SSSR count). The predicted molar refractivity (Wildman–Crippen MR) is 120 cm³/mol. The van der Waals surface area contributed by atoms with Crippen LogP contribution in [0.2, 0.25) is 0 Å². The molecular formula is C21H34N4O10. The Morgan fingerprint density at radius 1 is 0.714 bits per heavy atom. The van der Waals surface area contributed by atoms with Crippen LogP contribution in [0, 0.1) is 0 Å². The SMILES string of the molecule is COCCOCCOCc1ncc(C(=O)O)[nH]1.COCCOCCOCc1ncc(C(=O)OC)[nH]1. The van der Waals surface area contributed by atoms with Gasteiger partial charge in [0.15, 0.2) is 0 Å². The predicted octanol–water partition coefficient (Wildman–Crippen LogP) is 0.663. The van der Waals surface area contributed by atoms with Gasteiger partial charge in [-0.3, -0.25) is 0 Å². The minimum absolute atomic E-state index is 0.0555. The number of carbonyl (C=O) groups is 2. The average molecular weight is 503 g/mol. The molecule has 0 atom stereocenters. The van der Waals surface area contributed by atoms with E-state index < -0.39 is 11.9 Å². The van der Waals surface area contributed by atoms with Crippen LogP contribution in [0.5, 0.6) is 0 Å². The van der Waals surface area contributed by atoms with Gasteiger partial charge in [-0.05, 0) is 0 Å². The highest BCUT2D eigenvalue weighted by atomic mass is 16.5. The van der Waals surface area contributed by atoms with Crippen molar-refractivity contribution in [1.82, 2.24) is 19.9 Å². The molecule has 0 unspecified atom stereocenters. The van der Waals surface area contributed by atoms with Crippen molar-refractivity contribution >= 4 is 11.9 Å². The number of aromatic carboxylic acids is 1. The average Bonchev–Trinajstić information content (AvgIpc) is 3.53. The third-order valence-corrected chi connectivity index (χ3v) is 3.98. The van der Waals surface area contributed by atoms with Crippen molar-refractivity contribution in [2.45, 2.75) is 13.2 Å².